The van der Waals surface area contributed by atoms with Crippen LogP contribution in [-0.2, 0) is 21.2 Å². The average Bonchev–Trinajstić information content (AvgIpc) is 3.20. The molecular weight excluding hydrogens is 417 g/mol. The molecule has 0 aromatic heterocycles. The second kappa shape index (κ2) is 9.36. The number of para-hydroxylation sites is 1. The summed E-state index contributed by atoms with van der Waals surface area (Å²) in [6, 6.07) is 13.3. The Hall–Kier alpha value is -2.45. The summed E-state index contributed by atoms with van der Waals surface area (Å²) in [5, 5.41) is 3.02. The number of sulfonamides is 1. The van der Waals surface area contributed by atoms with Crippen molar-refractivity contribution >= 4 is 21.6 Å². The first kappa shape index (κ1) is 21.8. The van der Waals surface area contributed by atoms with Gasteiger partial charge in [0.25, 0.3) is 0 Å². The normalized spacial score (nSPS) is 17.5. The van der Waals surface area contributed by atoms with Crippen LogP contribution in [0.1, 0.15) is 24.8 Å². The predicted molar refractivity (Wildman–Crippen MR) is 118 cm³/mol. The molecule has 4 rings (SSSR count). The van der Waals surface area contributed by atoms with E-state index in [1.807, 2.05) is 0 Å². The van der Waals surface area contributed by atoms with Gasteiger partial charge in [0.15, 0.2) is 0 Å². The fraction of sp³-hybridized carbons (Fsp3) is 0.435. The number of nitrogens with zero attached hydrogens (tertiary/aromatic N) is 2. The van der Waals surface area contributed by atoms with Crippen LogP contribution in [0.3, 0.4) is 0 Å². The summed E-state index contributed by atoms with van der Waals surface area (Å²) in [5.41, 5.74) is 2.68. The summed E-state index contributed by atoms with van der Waals surface area (Å²) in [6.45, 7) is 3.14. The highest BCUT2D eigenvalue weighted by molar-refractivity contribution is 7.89. The van der Waals surface area contributed by atoms with Crippen molar-refractivity contribution in [3.63, 3.8) is 0 Å². The molecule has 1 fully saturated rings. The van der Waals surface area contributed by atoms with Gasteiger partial charge in [-0.25, -0.2) is 12.8 Å². The number of amides is 1. The third-order valence-corrected chi connectivity index (χ3v) is 8.08. The lowest BCUT2D eigenvalue weighted by molar-refractivity contribution is -0.126. The Morgan fingerprint density at radius 1 is 1.03 bits per heavy atom. The van der Waals surface area contributed by atoms with E-state index in [2.05, 4.69) is 34.5 Å². The van der Waals surface area contributed by atoms with E-state index in [9.17, 15) is 17.6 Å². The molecule has 0 radical (unpaired) electrons. The second-order valence-corrected chi connectivity index (χ2v) is 10.1. The summed E-state index contributed by atoms with van der Waals surface area (Å²) in [5.74, 6) is -0.642. The number of hydrogen-bond acceptors (Lipinski definition) is 4. The smallest absolute Gasteiger partial charge is 0.243 e. The molecule has 31 heavy (non-hydrogen) atoms. The molecule has 1 saturated heterocycles. The summed E-state index contributed by atoms with van der Waals surface area (Å²) in [6.07, 6.45) is 2.93. The Morgan fingerprint density at radius 3 is 2.48 bits per heavy atom. The molecular formula is C23H28FN3O3S. The fourth-order valence-electron chi connectivity index (χ4n) is 4.38. The molecule has 0 atom stereocenters. The topological polar surface area (TPSA) is 69.7 Å². The van der Waals surface area contributed by atoms with Crippen molar-refractivity contribution in [2.45, 2.75) is 30.6 Å². The Morgan fingerprint density at radius 2 is 1.74 bits per heavy atom. The minimum Gasteiger partial charge on any atom is -0.371 e. The van der Waals surface area contributed by atoms with E-state index in [1.165, 1.54) is 27.7 Å². The quantitative estimate of drug-likeness (QED) is 0.666. The summed E-state index contributed by atoms with van der Waals surface area (Å²) >= 11 is 0. The first-order chi connectivity index (χ1) is 14.9. The third kappa shape index (κ3) is 4.91. The van der Waals surface area contributed by atoms with Crippen LogP contribution in [0.25, 0.3) is 0 Å². The number of nitrogens with one attached hydrogen (secondary N) is 1. The minimum absolute atomic E-state index is 0.000604. The van der Waals surface area contributed by atoms with Crippen molar-refractivity contribution in [1.82, 2.24) is 9.62 Å². The predicted octanol–water partition coefficient (Wildman–Crippen LogP) is 2.80. The first-order valence-corrected chi connectivity index (χ1v) is 12.3. The van der Waals surface area contributed by atoms with Gasteiger partial charge in [0, 0.05) is 44.3 Å². The van der Waals surface area contributed by atoms with Crippen molar-refractivity contribution in [3.05, 3.63) is 59.9 Å². The van der Waals surface area contributed by atoms with E-state index in [0.717, 1.165) is 38.1 Å². The molecule has 1 amide bonds. The van der Waals surface area contributed by atoms with Gasteiger partial charge in [-0.3, -0.25) is 4.79 Å². The van der Waals surface area contributed by atoms with Gasteiger partial charge < -0.3 is 10.2 Å². The van der Waals surface area contributed by atoms with Crippen LogP contribution in [0, 0.1) is 11.7 Å². The number of anilines is 1. The highest BCUT2D eigenvalue weighted by atomic mass is 32.2. The largest absolute Gasteiger partial charge is 0.371 e. The molecule has 2 aromatic rings. The van der Waals surface area contributed by atoms with E-state index >= 15 is 0 Å². The number of hydrogen-bond donors (Lipinski definition) is 1. The van der Waals surface area contributed by atoms with Crippen LogP contribution >= 0.6 is 0 Å². The summed E-state index contributed by atoms with van der Waals surface area (Å²) in [4.78, 5) is 15.0. The van der Waals surface area contributed by atoms with Crippen LogP contribution in [0.15, 0.2) is 53.4 Å². The number of carbonyl (C=O) groups is 1. The van der Waals surface area contributed by atoms with Crippen molar-refractivity contribution < 1.29 is 17.6 Å². The number of rotatable bonds is 7. The molecule has 2 aliphatic rings. The Kier molecular flexibility index (Phi) is 6.57. The van der Waals surface area contributed by atoms with Gasteiger partial charge in [-0.1, -0.05) is 18.2 Å². The minimum atomic E-state index is -3.65. The molecule has 0 aliphatic carbocycles. The molecule has 2 aromatic carbocycles. The highest BCUT2D eigenvalue weighted by Crippen LogP contribution is 2.27. The Bertz CT molecular complexity index is 1020. The maximum Gasteiger partial charge on any atom is 0.243 e. The number of piperidine rings is 1. The van der Waals surface area contributed by atoms with Gasteiger partial charge in [0.2, 0.25) is 15.9 Å². The maximum atomic E-state index is 13.1. The van der Waals surface area contributed by atoms with E-state index in [-0.39, 0.29) is 16.7 Å². The molecule has 166 valence electrons. The zero-order valence-corrected chi connectivity index (χ0v) is 18.3. The lowest BCUT2D eigenvalue weighted by atomic mass is 9.97. The molecule has 2 aliphatic heterocycles. The van der Waals surface area contributed by atoms with Crippen LogP contribution in [0.2, 0.25) is 0 Å². The standard InChI is InChI=1S/C23H28FN3O3S/c24-20-6-8-21(9-7-20)31(29,30)27-16-11-19(12-17-27)23(28)25-13-3-14-26-15-10-18-4-1-2-5-22(18)26/h1-2,4-9,19H,3,10-17H2,(H,25,28). The van der Waals surface area contributed by atoms with E-state index < -0.39 is 15.8 Å². The molecule has 1 N–H and O–H groups in total. The second-order valence-electron chi connectivity index (χ2n) is 8.14. The summed E-state index contributed by atoms with van der Waals surface area (Å²) < 4.78 is 39.9. The monoisotopic (exact) mass is 445 g/mol. The van der Waals surface area contributed by atoms with Crippen LogP contribution in [0.5, 0.6) is 0 Å². The average molecular weight is 446 g/mol. The summed E-state index contributed by atoms with van der Waals surface area (Å²) in [7, 11) is -3.65. The maximum absolute atomic E-state index is 13.1. The van der Waals surface area contributed by atoms with Gasteiger partial charge in [0.1, 0.15) is 5.82 Å². The van der Waals surface area contributed by atoms with Crippen molar-refractivity contribution in [1.29, 1.82) is 0 Å². The number of benzene rings is 2. The zero-order valence-electron chi connectivity index (χ0n) is 17.5. The zero-order chi connectivity index (χ0) is 21.8. The lowest BCUT2D eigenvalue weighted by Gasteiger charge is -2.30. The molecule has 6 nitrogen and oxygen atoms in total. The number of carbonyl (C=O) groups excluding carboxylic acids is 1. The van der Waals surface area contributed by atoms with Crippen LogP contribution in [0.4, 0.5) is 10.1 Å². The Balaban J connectivity index is 1.20. The number of halogens is 1. The van der Waals surface area contributed by atoms with E-state index in [1.54, 1.807) is 0 Å². The molecule has 0 unspecified atom stereocenters. The van der Waals surface area contributed by atoms with Crippen molar-refractivity contribution in [3.8, 4) is 0 Å². The van der Waals surface area contributed by atoms with Crippen LogP contribution < -0.4 is 10.2 Å². The van der Waals surface area contributed by atoms with Gasteiger partial charge in [-0.05, 0) is 61.6 Å². The Labute approximate surface area is 183 Å². The molecule has 2 heterocycles. The fourth-order valence-corrected chi connectivity index (χ4v) is 5.85. The first-order valence-electron chi connectivity index (χ1n) is 10.8. The molecule has 0 saturated carbocycles. The van der Waals surface area contributed by atoms with E-state index in [4.69, 9.17) is 0 Å². The third-order valence-electron chi connectivity index (χ3n) is 6.16. The van der Waals surface area contributed by atoms with Crippen molar-refractivity contribution in [2.24, 2.45) is 5.92 Å². The van der Waals surface area contributed by atoms with Crippen molar-refractivity contribution in [2.75, 3.05) is 37.6 Å². The van der Waals surface area contributed by atoms with Gasteiger partial charge >= 0.3 is 0 Å². The molecule has 8 heteroatoms. The molecule has 0 spiro atoms. The SMILES string of the molecule is O=C(NCCCN1CCc2ccccc21)C1CCN(S(=O)(=O)c2ccc(F)cc2)CC1. The van der Waals surface area contributed by atoms with Gasteiger partial charge in [-0.2, -0.15) is 4.31 Å². The molecule has 0 bridgehead atoms. The highest BCUT2D eigenvalue weighted by Gasteiger charge is 2.32. The van der Waals surface area contributed by atoms with Gasteiger partial charge in [0.05, 0.1) is 4.90 Å². The number of fused-ring (bicyclic) bond motifs is 1. The van der Waals surface area contributed by atoms with Crippen LogP contribution in [-0.4, -0.2) is 51.4 Å². The van der Waals surface area contributed by atoms with E-state index in [0.29, 0.717) is 32.5 Å². The van der Waals surface area contributed by atoms with Gasteiger partial charge in [-0.15, -0.1) is 0 Å². The lowest BCUT2D eigenvalue weighted by Crippen LogP contribution is -2.43.